The summed E-state index contributed by atoms with van der Waals surface area (Å²) in [7, 11) is 0. The molecule has 136 valence electrons. The number of carboxylic acid groups (broad SMARTS) is 1. The van der Waals surface area contributed by atoms with Crippen molar-refractivity contribution in [2.24, 2.45) is 5.41 Å². The van der Waals surface area contributed by atoms with Crippen molar-refractivity contribution in [2.45, 2.75) is 44.9 Å². The monoisotopic (exact) mass is 386 g/mol. The zero-order valence-electron chi connectivity index (χ0n) is 13.6. The van der Waals surface area contributed by atoms with Gasteiger partial charge in [-0.2, -0.15) is 0 Å². The predicted molar refractivity (Wildman–Crippen MR) is 94.5 cm³/mol. The van der Waals surface area contributed by atoms with Crippen LogP contribution in [0.4, 0.5) is 0 Å². The van der Waals surface area contributed by atoms with Crippen molar-refractivity contribution in [1.82, 2.24) is 10.9 Å². The van der Waals surface area contributed by atoms with Crippen molar-refractivity contribution in [1.29, 1.82) is 0 Å². The van der Waals surface area contributed by atoms with E-state index in [9.17, 15) is 14.4 Å². The Morgan fingerprint density at radius 1 is 1.04 bits per heavy atom. The molecular formula is C17H20Cl2N2O4. The number of hydrogen-bond donors (Lipinski definition) is 3. The minimum Gasteiger partial charge on any atom is -0.481 e. The van der Waals surface area contributed by atoms with Crippen molar-refractivity contribution in [3.63, 3.8) is 0 Å². The van der Waals surface area contributed by atoms with E-state index in [0.29, 0.717) is 17.9 Å². The maximum atomic E-state index is 12.2. The molecule has 0 heterocycles. The summed E-state index contributed by atoms with van der Waals surface area (Å²) in [6.45, 7) is 0. The minimum absolute atomic E-state index is 0.0471. The van der Waals surface area contributed by atoms with E-state index in [1.54, 1.807) is 6.07 Å². The first kappa shape index (κ1) is 19.5. The van der Waals surface area contributed by atoms with Crippen molar-refractivity contribution in [2.75, 3.05) is 0 Å². The summed E-state index contributed by atoms with van der Waals surface area (Å²) in [6, 6.07) is 4.45. The topological polar surface area (TPSA) is 95.5 Å². The number of benzene rings is 1. The Kier molecular flexibility index (Phi) is 6.67. The fraction of sp³-hybridized carbons (Fsp3) is 0.471. The smallest absolute Gasteiger partial charge is 0.303 e. The number of halogens is 2. The van der Waals surface area contributed by atoms with Crippen LogP contribution >= 0.6 is 23.2 Å². The van der Waals surface area contributed by atoms with Crippen LogP contribution in [0.15, 0.2) is 18.2 Å². The van der Waals surface area contributed by atoms with E-state index in [4.69, 9.17) is 28.3 Å². The lowest BCUT2D eigenvalue weighted by atomic mass is 9.69. The van der Waals surface area contributed by atoms with E-state index in [1.807, 2.05) is 0 Å². The third-order valence-corrected chi connectivity index (χ3v) is 5.03. The highest BCUT2D eigenvalue weighted by Gasteiger charge is 2.36. The molecule has 0 aliphatic heterocycles. The molecule has 1 fully saturated rings. The molecule has 25 heavy (non-hydrogen) atoms. The van der Waals surface area contributed by atoms with Crippen LogP contribution in [0.2, 0.25) is 10.0 Å². The standard InChI is InChI=1S/C17H20Cl2N2O4/c18-11-4-5-13(19)12(8-11)16(25)21-20-14(22)9-17(10-15(23)24)6-2-1-3-7-17/h4-5,8H,1-3,6-7,9-10H2,(H,20,22)(H,21,25)(H,23,24). The largest absolute Gasteiger partial charge is 0.481 e. The van der Waals surface area contributed by atoms with Crippen LogP contribution < -0.4 is 10.9 Å². The van der Waals surface area contributed by atoms with Crippen LogP contribution in [0.25, 0.3) is 0 Å². The second-order valence-corrected chi connectivity index (χ2v) is 7.28. The first-order valence-corrected chi connectivity index (χ1v) is 8.83. The minimum atomic E-state index is -0.913. The van der Waals surface area contributed by atoms with Crippen LogP contribution in [0.1, 0.15) is 55.3 Å². The van der Waals surface area contributed by atoms with Gasteiger partial charge in [-0.05, 0) is 36.5 Å². The molecule has 1 aliphatic rings. The molecule has 1 aliphatic carbocycles. The van der Waals surface area contributed by atoms with E-state index in [0.717, 1.165) is 19.3 Å². The van der Waals surface area contributed by atoms with Crippen molar-refractivity contribution < 1.29 is 19.5 Å². The lowest BCUT2D eigenvalue weighted by Gasteiger charge is -2.35. The fourth-order valence-electron chi connectivity index (χ4n) is 3.29. The quantitative estimate of drug-likeness (QED) is 0.673. The van der Waals surface area contributed by atoms with E-state index in [1.165, 1.54) is 12.1 Å². The summed E-state index contributed by atoms with van der Waals surface area (Å²) in [6.07, 6.45) is 4.27. The Balaban J connectivity index is 1.95. The number of nitrogens with one attached hydrogen (secondary N) is 2. The molecule has 6 nitrogen and oxygen atoms in total. The zero-order chi connectivity index (χ0) is 18.4. The molecule has 0 saturated heterocycles. The molecule has 1 aromatic rings. The molecule has 2 rings (SSSR count). The number of hydrazine groups is 1. The zero-order valence-corrected chi connectivity index (χ0v) is 15.1. The van der Waals surface area contributed by atoms with Crippen LogP contribution in [0, 0.1) is 5.41 Å². The Morgan fingerprint density at radius 2 is 1.72 bits per heavy atom. The highest BCUT2D eigenvalue weighted by atomic mass is 35.5. The molecule has 1 saturated carbocycles. The molecule has 0 radical (unpaired) electrons. The van der Waals surface area contributed by atoms with E-state index < -0.39 is 23.2 Å². The van der Waals surface area contributed by atoms with E-state index in [2.05, 4.69) is 10.9 Å². The van der Waals surface area contributed by atoms with Gasteiger partial charge < -0.3 is 5.11 Å². The highest BCUT2D eigenvalue weighted by molar-refractivity contribution is 6.35. The SMILES string of the molecule is O=C(O)CC1(CC(=O)NNC(=O)c2cc(Cl)ccc2Cl)CCCCC1. The van der Waals surface area contributed by atoms with Gasteiger partial charge in [0.15, 0.2) is 0 Å². The van der Waals surface area contributed by atoms with E-state index >= 15 is 0 Å². The fourth-order valence-corrected chi connectivity index (χ4v) is 3.66. The van der Waals surface area contributed by atoms with Gasteiger partial charge in [-0.3, -0.25) is 25.2 Å². The number of carboxylic acids is 1. The molecule has 0 bridgehead atoms. The summed E-state index contributed by atoms with van der Waals surface area (Å²) in [5.74, 6) is -1.92. The maximum Gasteiger partial charge on any atom is 0.303 e. The Morgan fingerprint density at radius 3 is 2.36 bits per heavy atom. The summed E-state index contributed by atoms with van der Waals surface area (Å²) in [5, 5.41) is 9.70. The molecular weight excluding hydrogens is 367 g/mol. The lowest BCUT2D eigenvalue weighted by Crippen LogP contribution is -2.44. The highest BCUT2D eigenvalue weighted by Crippen LogP contribution is 2.42. The van der Waals surface area contributed by atoms with Crippen LogP contribution in [0.5, 0.6) is 0 Å². The van der Waals surface area contributed by atoms with Crippen LogP contribution in [-0.4, -0.2) is 22.9 Å². The van der Waals surface area contributed by atoms with Crippen LogP contribution in [0.3, 0.4) is 0 Å². The summed E-state index contributed by atoms with van der Waals surface area (Å²) in [4.78, 5) is 35.5. The van der Waals surface area contributed by atoms with Gasteiger partial charge in [-0.15, -0.1) is 0 Å². The van der Waals surface area contributed by atoms with Gasteiger partial charge in [0.2, 0.25) is 5.91 Å². The van der Waals surface area contributed by atoms with Gasteiger partial charge in [-0.25, -0.2) is 0 Å². The molecule has 8 heteroatoms. The number of amides is 2. The summed E-state index contributed by atoms with van der Waals surface area (Å²) in [5.41, 5.74) is 4.23. The third kappa shape index (κ3) is 5.61. The first-order chi connectivity index (χ1) is 11.8. The molecule has 0 atom stereocenters. The van der Waals surface area contributed by atoms with Gasteiger partial charge >= 0.3 is 5.97 Å². The molecule has 0 spiro atoms. The number of rotatable bonds is 5. The second-order valence-electron chi connectivity index (χ2n) is 6.43. The van der Waals surface area contributed by atoms with Crippen molar-refractivity contribution in [3.8, 4) is 0 Å². The Labute approximate surface area is 155 Å². The van der Waals surface area contributed by atoms with Gasteiger partial charge in [-0.1, -0.05) is 42.5 Å². The molecule has 3 N–H and O–H groups in total. The molecule has 2 amide bonds. The van der Waals surface area contributed by atoms with Gasteiger partial charge in [0.25, 0.3) is 5.91 Å². The lowest BCUT2D eigenvalue weighted by molar-refractivity contribution is -0.141. The average Bonchev–Trinajstić information content (AvgIpc) is 2.54. The van der Waals surface area contributed by atoms with Crippen LogP contribution in [-0.2, 0) is 9.59 Å². The molecule has 0 aromatic heterocycles. The number of carbonyl (C=O) groups is 3. The Bertz CT molecular complexity index is 673. The van der Waals surface area contributed by atoms with Crippen molar-refractivity contribution in [3.05, 3.63) is 33.8 Å². The number of carbonyl (C=O) groups excluding carboxylic acids is 2. The normalized spacial score (nSPS) is 16.1. The molecule has 0 unspecified atom stereocenters. The van der Waals surface area contributed by atoms with E-state index in [-0.39, 0.29) is 23.4 Å². The first-order valence-electron chi connectivity index (χ1n) is 8.07. The number of aliphatic carboxylic acids is 1. The van der Waals surface area contributed by atoms with Gasteiger partial charge in [0.1, 0.15) is 0 Å². The second kappa shape index (κ2) is 8.54. The average molecular weight is 387 g/mol. The predicted octanol–water partition coefficient (Wildman–Crippen LogP) is 3.57. The third-order valence-electron chi connectivity index (χ3n) is 4.46. The Hall–Kier alpha value is -1.79. The number of hydrogen-bond acceptors (Lipinski definition) is 3. The van der Waals surface area contributed by atoms with Gasteiger partial charge in [0, 0.05) is 11.4 Å². The maximum absolute atomic E-state index is 12.2. The van der Waals surface area contributed by atoms with Crippen molar-refractivity contribution >= 4 is 41.0 Å². The molecule has 1 aromatic carbocycles. The van der Waals surface area contributed by atoms with Gasteiger partial charge in [0.05, 0.1) is 17.0 Å². The summed E-state index contributed by atoms with van der Waals surface area (Å²) < 4.78 is 0. The summed E-state index contributed by atoms with van der Waals surface area (Å²) >= 11 is 11.8.